The number of pyridine rings is 1. The number of hydrogen-bond donors (Lipinski definition) is 0. The van der Waals surface area contributed by atoms with Gasteiger partial charge in [0.1, 0.15) is 0 Å². The van der Waals surface area contributed by atoms with Gasteiger partial charge in [-0.25, -0.2) is 0 Å². The van der Waals surface area contributed by atoms with Crippen LogP contribution in [-0.4, -0.2) is 4.98 Å². The van der Waals surface area contributed by atoms with Crippen molar-refractivity contribution in [1.29, 1.82) is 0 Å². The van der Waals surface area contributed by atoms with Crippen LogP contribution < -0.4 is 0 Å². The predicted octanol–water partition coefficient (Wildman–Crippen LogP) is 3.08. The van der Waals surface area contributed by atoms with E-state index in [1.54, 1.807) is 0 Å². The van der Waals surface area contributed by atoms with Crippen LogP contribution in [0.5, 0.6) is 0 Å². The summed E-state index contributed by atoms with van der Waals surface area (Å²) in [5.41, 5.74) is 4.23. The van der Waals surface area contributed by atoms with Gasteiger partial charge < -0.3 is 0 Å². The highest BCUT2D eigenvalue weighted by atomic mass is 14.7. The Labute approximate surface area is 80.2 Å². The summed E-state index contributed by atoms with van der Waals surface area (Å²) in [5.74, 6) is 0.725. The summed E-state index contributed by atoms with van der Waals surface area (Å²) in [5, 5.41) is 0. The molecule has 0 radical (unpaired) electrons. The van der Waals surface area contributed by atoms with Crippen LogP contribution in [-0.2, 0) is 12.8 Å². The van der Waals surface area contributed by atoms with Gasteiger partial charge >= 0.3 is 0 Å². The van der Waals surface area contributed by atoms with Gasteiger partial charge in [0.05, 0.1) is 0 Å². The van der Waals surface area contributed by atoms with Crippen LogP contribution in [0.4, 0.5) is 0 Å². The first-order chi connectivity index (χ1) is 6.31. The maximum atomic E-state index is 4.54. The van der Waals surface area contributed by atoms with Crippen LogP contribution in [0, 0.1) is 0 Å². The quantitative estimate of drug-likeness (QED) is 0.639. The molecule has 0 aliphatic heterocycles. The van der Waals surface area contributed by atoms with Crippen molar-refractivity contribution in [3.05, 3.63) is 29.1 Å². The zero-order chi connectivity index (χ0) is 9.26. The second kappa shape index (κ2) is 3.49. The molecule has 0 N–H and O–H groups in total. The van der Waals surface area contributed by atoms with Gasteiger partial charge in [0.2, 0.25) is 0 Å². The van der Waals surface area contributed by atoms with E-state index in [1.165, 1.54) is 36.1 Å². The number of aromatic nitrogens is 1. The molecule has 1 aliphatic rings. The first kappa shape index (κ1) is 8.74. The van der Waals surface area contributed by atoms with Crippen molar-refractivity contribution in [2.45, 2.75) is 45.4 Å². The molecular weight excluding hydrogens is 158 g/mol. The van der Waals surface area contributed by atoms with Gasteiger partial charge in [0, 0.05) is 11.9 Å². The fraction of sp³-hybridized carbons (Fsp3) is 0.583. The molecule has 2 rings (SSSR count). The van der Waals surface area contributed by atoms with E-state index in [1.807, 2.05) is 6.20 Å². The predicted molar refractivity (Wildman–Crippen MR) is 55.0 cm³/mol. The highest BCUT2D eigenvalue weighted by Gasteiger charge is 2.17. The average molecular weight is 175 g/mol. The van der Waals surface area contributed by atoms with Gasteiger partial charge in [-0.2, -0.15) is 0 Å². The molecule has 70 valence electrons. The minimum Gasteiger partial charge on any atom is -0.261 e. The first-order valence-corrected chi connectivity index (χ1v) is 5.29. The topological polar surface area (TPSA) is 12.9 Å². The molecule has 1 heteroatoms. The lowest BCUT2D eigenvalue weighted by Crippen LogP contribution is -2.09. The lowest BCUT2D eigenvalue weighted by Gasteiger charge is -2.21. The third kappa shape index (κ3) is 1.60. The molecule has 0 amide bonds. The number of nitrogens with zero attached hydrogens (tertiary/aromatic N) is 1. The fourth-order valence-corrected chi connectivity index (χ4v) is 2.12. The Morgan fingerprint density at radius 2 is 2.38 bits per heavy atom. The van der Waals surface area contributed by atoms with Crippen LogP contribution >= 0.6 is 0 Å². The normalized spacial score (nSPS) is 21.2. The fourth-order valence-electron chi connectivity index (χ4n) is 2.12. The molecule has 0 fully saturated rings. The van der Waals surface area contributed by atoms with Crippen molar-refractivity contribution in [3.8, 4) is 0 Å². The zero-order valence-electron chi connectivity index (χ0n) is 8.51. The average Bonchev–Trinajstić information content (AvgIpc) is 2.18. The van der Waals surface area contributed by atoms with E-state index < -0.39 is 0 Å². The SMILES string of the molecule is CCc1cnc2c(c1)C(C)CCC2. The molecule has 0 bridgehead atoms. The smallest absolute Gasteiger partial charge is 0.0438 e. The zero-order valence-corrected chi connectivity index (χ0v) is 8.51. The summed E-state index contributed by atoms with van der Waals surface area (Å²) in [6, 6.07) is 2.35. The Balaban J connectivity index is 2.41. The van der Waals surface area contributed by atoms with Crippen molar-refractivity contribution in [2.75, 3.05) is 0 Å². The summed E-state index contributed by atoms with van der Waals surface area (Å²) in [7, 11) is 0. The molecule has 13 heavy (non-hydrogen) atoms. The Hall–Kier alpha value is -0.850. The molecule has 0 aromatic carbocycles. The van der Waals surface area contributed by atoms with E-state index in [0.717, 1.165) is 12.3 Å². The third-order valence-corrected chi connectivity index (χ3v) is 3.05. The summed E-state index contributed by atoms with van der Waals surface area (Å²) >= 11 is 0. The van der Waals surface area contributed by atoms with Gasteiger partial charge in [0.25, 0.3) is 0 Å². The Morgan fingerprint density at radius 1 is 1.54 bits per heavy atom. The Morgan fingerprint density at radius 3 is 3.15 bits per heavy atom. The van der Waals surface area contributed by atoms with Gasteiger partial charge in [-0.3, -0.25) is 4.98 Å². The van der Waals surface area contributed by atoms with Crippen molar-refractivity contribution in [3.63, 3.8) is 0 Å². The van der Waals surface area contributed by atoms with Crippen LogP contribution in [0.25, 0.3) is 0 Å². The van der Waals surface area contributed by atoms with Crippen molar-refractivity contribution >= 4 is 0 Å². The Kier molecular flexibility index (Phi) is 2.34. The molecule has 1 unspecified atom stereocenters. The monoisotopic (exact) mass is 175 g/mol. The van der Waals surface area contributed by atoms with Gasteiger partial charge in [0.15, 0.2) is 0 Å². The second-order valence-electron chi connectivity index (χ2n) is 4.03. The minimum absolute atomic E-state index is 0.725. The van der Waals surface area contributed by atoms with Crippen LogP contribution in [0.3, 0.4) is 0 Å². The lowest BCUT2D eigenvalue weighted by atomic mass is 9.86. The largest absolute Gasteiger partial charge is 0.261 e. The molecule has 0 saturated carbocycles. The third-order valence-electron chi connectivity index (χ3n) is 3.05. The van der Waals surface area contributed by atoms with E-state index >= 15 is 0 Å². The summed E-state index contributed by atoms with van der Waals surface area (Å²) < 4.78 is 0. The summed E-state index contributed by atoms with van der Waals surface area (Å²) in [6.45, 7) is 4.51. The Bertz CT molecular complexity index is 304. The number of rotatable bonds is 1. The summed E-state index contributed by atoms with van der Waals surface area (Å²) in [4.78, 5) is 4.54. The second-order valence-corrected chi connectivity index (χ2v) is 4.03. The molecule has 1 heterocycles. The van der Waals surface area contributed by atoms with E-state index in [0.29, 0.717) is 0 Å². The van der Waals surface area contributed by atoms with Gasteiger partial charge in [-0.05, 0) is 42.7 Å². The molecule has 1 nitrogen and oxygen atoms in total. The molecule has 0 spiro atoms. The van der Waals surface area contributed by atoms with Crippen molar-refractivity contribution in [1.82, 2.24) is 4.98 Å². The highest BCUT2D eigenvalue weighted by molar-refractivity contribution is 5.30. The first-order valence-electron chi connectivity index (χ1n) is 5.29. The lowest BCUT2D eigenvalue weighted by molar-refractivity contribution is 0.577. The minimum atomic E-state index is 0.725. The number of fused-ring (bicyclic) bond motifs is 1. The number of hydrogen-bond acceptors (Lipinski definition) is 1. The van der Waals surface area contributed by atoms with Crippen LogP contribution in [0.15, 0.2) is 12.3 Å². The van der Waals surface area contributed by atoms with Crippen LogP contribution in [0.2, 0.25) is 0 Å². The molecule has 1 atom stereocenters. The van der Waals surface area contributed by atoms with Crippen LogP contribution in [0.1, 0.15) is 49.4 Å². The molecule has 1 aromatic rings. The highest BCUT2D eigenvalue weighted by Crippen LogP contribution is 2.30. The van der Waals surface area contributed by atoms with Gasteiger partial charge in [-0.1, -0.05) is 19.9 Å². The van der Waals surface area contributed by atoms with E-state index in [9.17, 15) is 0 Å². The van der Waals surface area contributed by atoms with E-state index in [2.05, 4.69) is 24.9 Å². The standard InChI is InChI=1S/C12H17N/c1-3-10-7-11-9(2)5-4-6-12(11)13-8-10/h7-9H,3-6H2,1-2H3. The van der Waals surface area contributed by atoms with E-state index in [-0.39, 0.29) is 0 Å². The maximum Gasteiger partial charge on any atom is 0.0438 e. The van der Waals surface area contributed by atoms with Crippen molar-refractivity contribution < 1.29 is 0 Å². The molecule has 1 aliphatic carbocycles. The van der Waals surface area contributed by atoms with E-state index in [4.69, 9.17) is 0 Å². The van der Waals surface area contributed by atoms with Gasteiger partial charge in [-0.15, -0.1) is 0 Å². The number of aryl methyl sites for hydroxylation is 2. The molecular formula is C12H17N. The molecule has 0 saturated heterocycles. The van der Waals surface area contributed by atoms with Crippen molar-refractivity contribution in [2.24, 2.45) is 0 Å². The maximum absolute atomic E-state index is 4.54. The summed E-state index contributed by atoms with van der Waals surface area (Å²) in [6.07, 6.45) is 6.97. The molecule has 1 aromatic heterocycles.